The number of halogens is 3. The fraction of sp³-hybridized carbons (Fsp3) is 0.0426. The van der Waals surface area contributed by atoms with Crippen molar-refractivity contribution < 1.29 is 4.92 Å². The van der Waals surface area contributed by atoms with E-state index in [1.807, 2.05) is 101 Å². The van der Waals surface area contributed by atoms with Crippen LogP contribution in [0.3, 0.4) is 0 Å². The molecule has 9 aromatic rings. The minimum absolute atomic E-state index is 0.0795. The molecule has 304 valence electrons. The van der Waals surface area contributed by atoms with Crippen molar-refractivity contribution in [3.8, 4) is 50.8 Å². The molecule has 3 heterocycles. The lowest BCUT2D eigenvalue weighted by Crippen LogP contribution is -2.07. The van der Waals surface area contributed by atoms with Gasteiger partial charge in [0.05, 0.1) is 41.0 Å². The van der Waals surface area contributed by atoms with Gasteiger partial charge in [-0.1, -0.05) is 24.3 Å². The Hall–Kier alpha value is -5.86. The molecule has 0 aliphatic carbocycles. The van der Waals surface area contributed by atoms with Crippen molar-refractivity contribution in [2.24, 2.45) is 0 Å². The van der Waals surface area contributed by atoms with Crippen molar-refractivity contribution in [3.63, 3.8) is 0 Å². The Morgan fingerprint density at radius 3 is 1.11 bits per heavy atom. The van der Waals surface area contributed by atoms with Gasteiger partial charge in [-0.25, -0.2) is 15.0 Å². The van der Waals surface area contributed by atoms with Crippen LogP contribution < -0.4 is 10.6 Å². The van der Waals surface area contributed by atoms with Crippen molar-refractivity contribution in [2.75, 3.05) is 24.7 Å². The van der Waals surface area contributed by atoms with E-state index in [0.29, 0.717) is 0 Å². The number of nitrogen functional groups attached to an aromatic ring is 1. The van der Waals surface area contributed by atoms with Crippen LogP contribution in [0.2, 0.25) is 0 Å². The summed E-state index contributed by atoms with van der Waals surface area (Å²) < 4.78 is 9.61. The first-order chi connectivity index (χ1) is 29.5. The molecule has 0 aliphatic rings. The minimum atomic E-state index is -0.409. The molecule has 2 N–H and O–H groups in total. The van der Waals surface area contributed by atoms with Gasteiger partial charge in [0.25, 0.3) is 5.69 Å². The number of nitro groups is 1. The minimum Gasteiger partial charge on any atom is -0.399 e. The Labute approximate surface area is 394 Å². The molecule has 0 aliphatic heterocycles. The van der Waals surface area contributed by atoms with Gasteiger partial charge in [-0.05, 0) is 177 Å². The molecule has 11 nitrogen and oxygen atoms in total. The van der Waals surface area contributed by atoms with Crippen LogP contribution in [0.4, 0.5) is 17.1 Å². The van der Waals surface area contributed by atoms with Gasteiger partial charge in [0.2, 0.25) is 0 Å². The maximum atomic E-state index is 10.7. The van der Waals surface area contributed by atoms with Gasteiger partial charge in [0.15, 0.2) is 0 Å². The van der Waals surface area contributed by atoms with Crippen molar-refractivity contribution in [2.45, 2.75) is 0 Å². The molecular formula is C47H38I3N9O2. The van der Waals surface area contributed by atoms with Gasteiger partial charge in [0.1, 0.15) is 0 Å². The van der Waals surface area contributed by atoms with Crippen LogP contribution in [0.15, 0.2) is 183 Å². The highest BCUT2D eigenvalue weighted by Gasteiger charge is 2.09. The molecule has 3 aromatic heterocycles. The second-order valence-electron chi connectivity index (χ2n) is 13.8. The average molecular weight is 1140 g/mol. The Morgan fingerprint density at radius 2 is 0.803 bits per heavy atom. The third kappa shape index (κ3) is 11.5. The van der Waals surface area contributed by atoms with E-state index in [2.05, 4.69) is 167 Å². The van der Waals surface area contributed by atoms with Gasteiger partial charge >= 0.3 is 0 Å². The summed E-state index contributed by atoms with van der Waals surface area (Å²) in [5.41, 5.74) is 16.7. The fourth-order valence-electron chi connectivity index (χ4n) is 6.02. The van der Waals surface area contributed by atoms with Crippen molar-refractivity contribution in [3.05, 3.63) is 204 Å². The van der Waals surface area contributed by atoms with E-state index >= 15 is 0 Å². The van der Waals surface area contributed by atoms with Gasteiger partial charge in [-0.15, -0.1) is 0 Å². The first kappa shape index (κ1) is 43.2. The van der Waals surface area contributed by atoms with Crippen molar-refractivity contribution in [1.82, 2.24) is 28.7 Å². The SMILES string of the molecule is CN(C)c1ccc(-c2cn(-c3ccc(I)cc3)cn2)cc1.Nc1ccc(-c2cn(-c3ccc(I)cc3)cn2)cc1.O=[N+]([O-])c1ccc(-c2cn(-c3ccc(I)cc3)cn2)cc1. The summed E-state index contributed by atoms with van der Waals surface area (Å²) in [6.07, 6.45) is 11.4. The number of hydrogen-bond acceptors (Lipinski definition) is 7. The number of aromatic nitrogens is 6. The molecule has 9 rings (SSSR count). The lowest BCUT2D eigenvalue weighted by Gasteiger charge is -2.12. The van der Waals surface area contributed by atoms with Gasteiger partial charge in [0, 0.05) is 101 Å². The van der Waals surface area contributed by atoms with Crippen LogP contribution in [0.1, 0.15) is 0 Å². The standard InChI is InChI=1S/C17H16IN3.C15H10IN3O2.C15H12IN3/c1-20(2)15-7-3-13(4-8-15)17-11-21(12-19-17)16-9-5-14(18)6-10-16;16-12-3-7-13(8-4-12)18-9-15(17-10-18)11-1-5-14(6-2-11)19(20)21;16-12-3-7-14(8-4-12)19-9-15(18-10-19)11-1-5-13(17)6-2-11/h3-12H,1-2H3;1-10H;1-10H,17H2. The van der Waals surface area contributed by atoms with E-state index in [9.17, 15) is 10.1 Å². The lowest BCUT2D eigenvalue weighted by atomic mass is 10.1. The van der Waals surface area contributed by atoms with Crippen molar-refractivity contribution >= 4 is 84.8 Å². The predicted molar refractivity (Wildman–Crippen MR) is 271 cm³/mol. The zero-order chi connectivity index (χ0) is 42.9. The van der Waals surface area contributed by atoms with Crippen molar-refractivity contribution in [1.29, 1.82) is 0 Å². The van der Waals surface area contributed by atoms with E-state index in [4.69, 9.17) is 5.73 Å². The van der Waals surface area contributed by atoms with E-state index in [-0.39, 0.29) is 5.69 Å². The van der Waals surface area contributed by atoms with Crippen LogP contribution in [0.5, 0.6) is 0 Å². The number of hydrogen-bond donors (Lipinski definition) is 1. The predicted octanol–water partition coefficient (Wildman–Crippen LogP) is 12.0. The van der Waals surface area contributed by atoms with E-state index in [1.54, 1.807) is 18.5 Å². The van der Waals surface area contributed by atoms with Crippen LogP contribution in [0.25, 0.3) is 50.8 Å². The molecular weight excluding hydrogens is 1100 g/mol. The van der Waals surface area contributed by atoms with Crippen LogP contribution in [0, 0.1) is 20.8 Å². The number of rotatable bonds is 8. The number of nitro benzene ring substituents is 1. The second kappa shape index (κ2) is 20.1. The maximum absolute atomic E-state index is 10.7. The average Bonchev–Trinajstić information content (AvgIpc) is 4.08. The summed E-state index contributed by atoms with van der Waals surface area (Å²) in [5, 5.41) is 10.7. The Kier molecular flexibility index (Phi) is 14.3. The maximum Gasteiger partial charge on any atom is 0.269 e. The first-order valence-corrected chi connectivity index (χ1v) is 22.0. The zero-order valence-corrected chi connectivity index (χ0v) is 39.4. The second-order valence-corrected chi connectivity index (χ2v) is 17.5. The summed E-state index contributed by atoms with van der Waals surface area (Å²) in [6, 6.07) is 47.4. The Balaban J connectivity index is 0.000000138. The Bertz CT molecular complexity index is 2760. The number of nitrogens with two attached hydrogens (primary N) is 1. The molecule has 0 spiro atoms. The summed E-state index contributed by atoms with van der Waals surface area (Å²) in [5.74, 6) is 0. The van der Waals surface area contributed by atoms with Gasteiger partial charge in [-0.2, -0.15) is 0 Å². The summed E-state index contributed by atoms with van der Waals surface area (Å²) >= 11 is 6.87. The molecule has 0 bridgehead atoms. The highest BCUT2D eigenvalue weighted by atomic mass is 127. The molecule has 0 saturated heterocycles. The Morgan fingerprint density at radius 1 is 0.492 bits per heavy atom. The van der Waals surface area contributed by atoms with E-state index < -0.39 is 4.92 Å². The smallest absolute Gasteiger partial charge is 0.269 e. The molecule has 14 heteroatoms. The molecule has 6 aromatic carbocycles. The number of anilines is 2. The summed E-state index contributed by atoms with van der Waals surface area (Å²) in [4.78, 5) is 25.6. The lowest BCUT2D eigenvalue weighted by molar-refractivity contribution is -0.384. The monoisotopic (exact) mass is 1140 g/mol. The molecule has 0 fully saturated rings. The third-order valence-corrected chi connectivity index (χ3v) is 11.5. The number of non-ortho nitro benzene ring substituents is 1. The quantitative estimate of drug-likeness (QED) is 0.0695. The molecule has 0 unspecified atom stereocenters. The normalized spacial score (nSPS) is 10.6. The van der Waals surface area contributed by atoms with Crippen LogP contribution in [-0.2, 0) is 0 Å². The van der Waals surface area contributed by atoms with Crippen LogP contribution >= 0.6 is 67.8 Å². The van der Waals surface area contributed by atoms with Gasteiger partial charge in [-0.3, -0.25) is 10.1 Å². The molecule has 0 radical (unpaired) electrons. The molecule has 0 amide bonds. The zero-order valence-electron chi connectivity index (χ0n) is 32.9. The number of imidazole rings is 3. The summed E-state index contributed by atoms with van der Waals surface area (Å²) in [6.45, 7) is 0. The van der Waals surface area contributed by atoms with E-state index in [0.717, 1.165) is 56.5 Å². The van der Waals surface area contributed by atoms with Crippen LogP contribution in [-0.4, -0.2) is 47.7 Å². The van der Waals surface area contributed by atoms with E-state index in [1.165, 1.54) is 28.5 Å². The molecule has 61 heavy (non-hydrogen) atoms. The number of benzene rings is 6. The number of nitrogens with zero attached hydrogens (tertiary/aromatic N) is 8. The highest BCUT2D eigenvalue weighted by molar-refractivity contribution is 14.1. The van der Waals surface area contributed by atoms with Gasteiger partial charge < -0.3 is 24.3 Å². The molecule has 0 saturated carbocycles. The summed E-state index contributed by atoms with van der Waals surface area (Å²) in [7, 11) is 4.08. The molecule has 0 atom stereocenters. The fourth-order valence-corrected chi connectivity index (χ4v) is 7.10. The highest BCUT2D eigenvalue weighted by Crippen LogP contribution is 2.25. The largest absolute Gasteiger partial charge is 0.399 e. The third-order valence-electron chi connectivity index (χ3n) is 9.38. The topological polar surface area (TPSA) is 126 Å². The first-order valence-electron chi connectivity index (χ1n) is 18.8.